The quantitative estimate of drug-likeness (QED) is 0.401. The van der Waals surface area contributed by atoms with Crippen LogP contribution in [0.25, 0.3) is 0 Å². The Morgan fingerprint density at radius 2 is 1.79 bits per heavy atom. The number of carbonyl (C=O) groups excluding carboxylic acids is 2. The van der Waals surface area contributed by atoms with Gasteiger partial charge in [0.1, 0.15) is 12.4 Å². The fourth-order valence-corrected chi connectivity index (χ4v) is 3.92. The zero-order chi connectivity index (χ0) is 20.3. The molecule has 1 amide bonds. The topological polar surface area (TPSA) is 84.9 Å². The monoisotopic (exact) mass is 423 g/mol. The molecule has 28 heavy (non-hydrogen) atoms. The maximum atomic E-state index is 12.2. The van der Waals surface area contributed by atoms with E-state index >= 15 is 0 Å². The van der Waals surface area contributed by atoms with Crippen molar-refractivity contribution in [1.82, 2.24) is 5.48 Å². The number of amides is 1. The summed E-state index contributed by atoms with van der Waals surface area (Å²) in [4.78, 5) is 23.9. The van der Waals surface area contributed by atoms with Crippen molar-refractivity contribution in [1.29, 1.82) is 0 Å². The highest BCUT2D eigenvalue weighted by Gasteiger charge is 2.64. The van der Waals surface area contributed by atoms with Gasteiger partial charge in [0.15, 0.2) is 0 Å². The maximum Gasteiger partial charge on any atom is 0.312 e. The average molecular weight is 424 g/mol. The van der Waals surface area contributed by atoms with Crippen molar-refractivity contribution in [2.75, 3.05) is 7.11 Å². The van der Waals surface area contributed by atoms with Gasteiger partial charge in [-0.1, -0.05) is 35.3 Å². The van der Waals surface area contributed by atoms with Gasteiger partial charge in [-0.25, -0.2) is 5.48 Å². The van der Waals surface area contributed by atoms with Crippen molar-refractivity contribution in [2.45, 2.75) is 19.4 Å². The number of carbonyl (C=O) groups is 2. The molecular weight excluding hydrogens is 405 g/mol. The number of hydrogen-bond acceptors (Lipinski definition) is 5. The van der Waals surface area contributed by atoms with Gasteiger partial charge in [0.05, 0.1) is 18.4 Å². The summed E-state index contributed by atoms with van der Waals surface area (Å²) in [7, 11) is 1.29. The molecule has 1 aliphatic carbocycles. The lowest BCUT2D eigenvalue weighted by Gasteiger charge is -2.15. The van der Waals surface area contributed by atoms with E-state index in [0.717, 1.165) is 11.1 Å². The summed E-state index contributed by atoms with van der Waals surface area (Å²) < 4.78 is 10.6. The van der Waals surface area contributed by atoms with Gasteiger partial charge in [-0.15, -0.1) is 0 Å². The molecule has 0 radical (unpaired) electrons. The number of hydrogen-bond donors (Lipinski definition) is 2. The first-order valence-corrected chi connectivity index (χ1v) is 9.32. The predicted octanol–water partition coefficient (Wildman–Crippen LogP) is 3.80. The summed E-state index contributed by atoms with van der Waals surface area (Å²) in [6.45, 7) is 0.310. The molecule has 1 saturated carbocycles. The molecule has 8 heteroatoms. The number of rotatable bonds is 7. The summed E-state index contributed by atoms with van der Waals surface area (Å²) >= 11 is 12.0. The third-order valence-corrected chi connectivity index (χ3v) is 5.30. The minimum atomic E-state index is -0.943. The SMILES string of the molecule is COC(=O)[C@@]1(Cc2ccc(OCc3cc(Cl)cc(Cl)c3)cc2)C[C@@H]1C(=O)NO. The highest BCUT2D eigenvalue weighted by Crippen LogP contribution is 2.55. The molecule has 0 spiro atoms. The van der Waals surface area contributed by atoms with Crippen LogP contribution in [0.15, 0.2) is 42.5 Å². The molecule has 0 saturated heterocycles. The van der Waals surface area contributed by atoms with Crippen LogP contribution in [0, 0.1) is 11.3 Å². The zero-order valence-corrected chi connectivity index (χ0v) is 16.6. The molecule has 148 valence electrons. The second kappa shape index (κ2) is 8.39. The number of ether oxygens (including phenoxy) is 2. The van der Waals surface area contributed by atoms with Crippen molar-refractivity contribution < 1.29 is 24.3 Å². The smallest absolute Gasteiger partial charge is 0.312 e. The van der Waals surface area contributed by atoms with Gasteiger partial charge in [0.2, 0.25) is 5.91 Å². The second-order valence-corrected chi connectivity index (χ2v) is 7.64. The van der Waals surface area contributed by atoms with Crippen molar-refractivity contribution in [3.05, 3.63) is 63.6 Å². The first-order valence-electron chi connectivity index (χ1n) is 8.57. The standard InChI is InChI=1S/C20H19Cl2NO5/c1-27-19(25)20(10-17(20)18(24)23-26)9-12-2-4-16(5-3-12)28-11-13-6-14(21)8-15(22)7-13/h2-8,17,26H,9-11H2,1H3,(H,23,24)/t17-,20+/m1/s1. The van der Waals surface area contributed by atoms with Crippen LogP contribution in [0.5, 0.6) is 5.75 Å². The number of benzene rings is 2. The van der Waals surface area contributed by atoms with E-state index in [0.29, 0.717) is 35.2 Å². The Labute approximate surface area is 172 Å². The molecule has 0 heterocycles. The average Bonchev–Trinajstić information content (AvgIpc) is 3.40. The molecule has 2 aromatic carbocycles. The van der Waals surface area contributed by atoms with E-state index in [1.54, 1.807) is 35.8 Å². The van der Waals surface area contributed by atoms with E-state index in [2.05, 4.69) is 0 Å². The number of methoxy groups -OCH3 is 1. The fraction of sp³-hybridized carbons (Fsp3) is 0.300. The molecular formula is C20H19Cl2NO5. The molecule has 3 rings (SSSR count). The normalized spacial score (nSPS) is 20.4. The van der Waals surface area contributed by atoms with E-state index in [-0.39, 0.29) is 0 Å². The van der Waals surface area contributed by atoms with Crippen molar-refractivity contribution in [3.8, 4) is 5.75 Å². The molecule has 6 nitrogen and oxygen atoms in total. The lowest BCUT2D eigenvalue weighted by atomic mass is 9.93. The molecule has 0 aromatic heterocycles. The second-order valence-electron chi connectivity index (χ2n) is 6.77. The van der Waals surface area contributed by atoms with Gasteiger partial charge in [0.25, 0.3) is 0 Å². The number of nitrogens with one attached hydrogen (secondary N) is 1. The van der Waals surface area contributed by atoms with Crippen LogP contribution in [0.1, 0.15) is 17.5 Å². The molecule has 0 aliphatic heterocycles. The van der Waals surface area contributed by atoms with Crippen molar-refractivity contribution in [3.63, 3.8) is 0 Å². The Balaban J connectivity index is 1.65. The Morgan fingerprint density at radius 1 is 1.14 bits per heavy atom. The first-order chi connectivity index (χ1) is 13.4. The summed E-state index contributed by atoms with van der Waals surface area (Å²) in [5.41, 5.74) is 2.37. The van der Waals surface area contributed by atoms with Crippen LogP contribution < -0.4 is 10.2 Å². The van der Waals surface area contributed by atoms with Gasteiger partial charge >= 0.3 is 5.97 Å². The van der Waals surface area contributed by atoms with Crippen LogP contribution in [0.3, 0.4) is 0 Å². The minimum Gasteiger partial charge on any atom is -0.489 e. The highest BCUT2D eigenvalue weighted by atomic mass is 35.5. The van der Waals surface area contributed by atoms with E-state index in [1.165, 1.54) is 7.11 Å². The predicted molar refractivity (Wildman–Crippen MR) is 103 cm³/mol. The third-order valence-electron chi connectivity index (χ3n) is 4.86. The Hall–Kier alpha value is -2.28. The van der Waals surface area contributed by atoms with E-state index in [4.69, 9.17) is 37.9 Å². The van der Waals surface area contributed by atoms with Crippen molar-refractivity contribution in [2.24, 2.45) is 11.3 Å². The Morgan fingerprint density at radius 3 is 2.36 bits per heavy atom. The number of esters is 1. The zero-order valence-electron chi connectivity index (χ0n) is 15.1. The van der Waals surface area contributed by atoms with Gasteiger partial charge in [-0.2, -0.15) is 0 Å². The summed E-state index contributed by atoms with van der Waals surface area (Å²) in [5.74, 6) is -0.995. The van der Waals surface area contributed by atoms with Crippen LogP contribution in [0.4, 0.5) is 0 Å². The van der Waals surface area contributed by atoms with Gasteiger partial charge in [0, 0.05) is 10.0 Å². The fourth-order valence-electron chi connectivity index (χ4n) is 3.35. The van der Waals surface area contributed by atoms with Crippen LogP contribution in [-0.4, -0.2) is 24.2 Å². The Bertz CT molecular complexity index is 866. The van der Waals surface area contributed by atoms with E-state index in [9.17, 15) is 9.59 Å². The van der Waals surface area contributed by atoms with Crippen LogP contribution in [0.2, 0.25) is 10.0 Å². The summed E-state index contributed by atoms with van der Waals surface area (Å²) in [6.07, 6.45) is 0.668. The van der Waals surface area contributed by atoms with Gasteiger partial charge in [-0.05, 0) is 54.3 Å². The van der Waals surface area contributed by atoms with E-state index < -0.39 is 23.2 Å². The number of hydroxylamine groups is 1. The van der Waals surface area contributed by atoms with E-state index in [1.807, 2.05) is 12.1 Å². The highest BCUT2D eigenvalue weighted by molar-refractivity contribution is 6.34. The van der Waals surface area contributed by atoms with Crippen LogP contribution in [-0.2, 0) is 27.4 Å². The maximum absolute atomic E-state index is 12.2. The minimum absolute atomic E-state index is 0.310. The summed E-state index contributed by atoms with van der Waals surface area (Å²) in [5, 5.41) is 9.92. The Kier molecular flexibility index (Phi) is 6.13. The first kappa shape index (κ1) is 20.5. The van der Waals surface area contributed by atoms with Gasteiger partial charge < -0.3 is 9.47 Å². The number of halogens is 2. The molecule has 1 aliphatic rings. The largest absolute Gasteiger partial charge is 0.489 e. The van der Waals surface area contributed by atoms with Crippen LogP contribution >= 0.6 is 23.2 Å². The molecule has 2 aromatic rings. The lowest BCUT2D eigenvalue weighted by molar-refractivity contribution is -0.149. The van der Waals surface area contributed by atoms with Gasteiger partial charge in [-0.3, -0.25) is 14.8 Å². The molecule has 2 N–H and O–H groups in total. The molecule has 0 bridgehead atoms. The molecule has 2 atom stereocenters. The lowest BCUT2D eigenvalue weighted by Crippen LogP contribution is -2.30. The molecule has 0 unspecified atom stereocenters. The third kappa shape index (κ3) is 4.41. The summed E-state index contributed by atoms with van der Waals surface area (Å²) in [6, 6.07) is 12.4. The van der Waals surface area contributed by atoms with Crippen molar-refractivity contribution >= 4 is 35.1 Å². The molecule has 1 fully saturated rings.